The molecule has 98 valence electrons. The highest BCUT2D eigenvalue weighted by Crippen LogP contribution is 2.29. The minimum atomic E-state index is -0.879. The van der Waals surface area contributed by atoms with Crippen LogP contribution in [0.4, 0.5) is 4.79 Å². The Morgan fingerprint density at radius 2 is 1.68 bits per heavy atom. The van der Waals surface area contributed by atoms with E-state index in [1.165, 1.54) is 25.3 Å². The second-order valence-corrected chi connectivity index (χ2v) is 3.60. The van der Waals surface area contributed by atoms with Crippen molar-refractivity contribution in [3.63, 3.8) is 0 Å². The van der Waals surface area contributed by atoms with Crippen LogP contribution in [0.2, 0.25) is 0 Å². The second-order valence-electron chi connectivity index (χ2n) is 3.60. The molecule has 0 saturated heterocycles. The Kier molecular flexibility index (Phi) is 3.87. The Morgan fingerprint density at radius 3 is 2.32 bits per heavy atom. The number of rotatable bonds is 3. The Hall–Kier alpha value is -2.69. The quantitative estimate of drug-likeness (QED) is 0.679. The zero-order valence-electron chi connectivity index (χ0n) is 10.2. The predicted molar refractivity (Wildman–Crippen MR) is 67.8 cm³/mol. The lowest BCUT2D eigenvalue weighted by molar-refractivity contribution is 0.151. The Morgan fingerprint density at radius 1 is 1.00 bits per heavy atom. The van der Waals surface area contributed by atoms with Crippen molar-refractivity contribution in [1.29, 1.82) is 0 Å². The molecule has 2 rings (SSSR count). The maximum absolute atomic E-state index is 11.5. The number of carbonyl (C=O) groups is 1. The molecule has 0 radical (unpaired) electrons. The summed E-state index contributed by atoms with van der Waals surface area (Å²) in [7, 11) is 1.43. The lowest BCUT2D eigenvalue weighted by Gasteiger charge is -2.07. The van der Waals surface area contributed by atoms with Gasteiger partial charge in [0.2, 0.25) is 0 Å². The van der Waals surface area contributed by atoms with E-state index in [1.807, 2.05) is 0 Å². The molecule has 0 atom stereocenters. The number of phenolic OH excluding ortho intramolecular Hbond substituents is 1. The number of carbonyl (C=O) groups excluding carboxylic acids is 1. The van der Waals surface area contributed by atoms with Gasteiger partial charge < -0.3 is 19.3 Å². The highest BCUT2D eigenvalue weighted by Gasteiger charge is 2.10. The van der Waals surface area contributed by atoms with Gasteiger partial charge in [-0.25, -0.2) is 4.79 Å². The third-order valence-electron chi connectivity index (χ3n) is 2.30. The third kappa shape index (κ3) is 3.38. The van der Waals surface area contributed by atoms with Crippen LogP contribution in [0.15, 0.2) is 48.5 Å². The molecule has 0 bridgehead atoms. The van der Waals surface area contributed by atoms with E-state index >= 15 is 0 Å². The molecule has 0 fully saturated rings. The summed E-state index contributed by atoms with van der Waals surface area (Å²) in [4.78, 5) is 11.5. The summed E-state index contributed by atoms with van der Waals surface area (Å²) in [6.45, 7) is 0. The molecular formula is C14H12O5. The van der Waals surface area contributed by atoms with E-state index in [9.17, 15) is 9.90 Å². The summed E-state index contributed by atoms with van der Waals surface area (Å²) in [5.74, 6) is 0.723. The zero-order valence-corrected chi connectivity index (χ0v) is 10.2. The maximum Gasteiger partial charge on any atom is 0.519 e. The number of hydrogen-bond donors (Lipinski definition) is 1. The van der Waals surface area contributed by atoms with E-state index in [4.69, 9.17) is 14.2 Å². The molecule has 2 aromatic rings. The number of aromatic hydroxyl groups is 1. The highest BCUT2D eigenvalue weighted by atomic mass is 16.7. The van der Waals surface area contributed by atoms with E-state index in [1.54, 1.807) is 30.3 Å². The molecule has 2 aromatic carbocycles. The molecule has 5 heteroatoms. The van der Waals surface area contributed by atoms with E-state index < -0.39 is 6.16 Å². The summed E-state index contributed by atoms with van der Waals surface area (Å²) in [6.07, 6.45) is -0.879. The molecule has 0 heterocycles. The van der Waals surface area contributed by atoms with Crippen LogP contribution >= 0.6 is 0 Å². The molecular weight excluding hydrogens is 248 g/mol. The van der Waals surface area contributed by atoms with Crippen molar-refractivity contribution in [1.82, 2.24) is 0 Å². The maximum atomic E-state index is 11.5. The van der Waals surface area contributed by atoms with Crippen LogP contribution in [0.5, 0.6) is 23.0 Å². The Labute approximate surface area is 110 Å². The molecule has 0 amide bonds. The summed E-state index contributed by atoms with van der Waals surface area (Å²) < 4.78 is 14.7. The summed E-state index contributed by atoms with van der Waals surface area (Å²) >= 11 is 0. The highest BCUT2D eigenvalue weighted by molar-refractivity contribution is 5.67. The molecule has 0 saturated carbocycles. The first-order chi connectivity index (χ1) is 9.19. The van der Waals surface area contributed by atoms with Crippen molar-refractivity contribution in [2.75, 3.05) is 7.11 Å². The Balaban J connectivity index is 2.01. The fourth-order valence-corrected chi connectivity index (χ4v) is 1.44. The molecule has 0 spiro atoms. The number of hydrogen-bond acceptors (Lipinski definition) is 5. The van der Waals surface area contributed by atoms with Crippen LogP contribution in [0, 0.1) is 0 Å². The van der Waals surface area contributed by atoms with Crippen LogP contribution in [0.3, 0.4) is 0 Å². The van der Waals surface area contributed by atoms with Crippen LogP contribution in [-0.2, 0) is 0 Å². The first kappa shape index (κ1) is 12.8. The van der Waals surface area contributed by atoms with Crippen molar-refractivity contribution in [2.45, 2.75) is 0 Å². The fraction of sp³-hybridized carbons (Fsp3) is 0.0714. The van der Waals surface area contributed by atoms with Crippen molar-refractivity contribution < 1.29 is 24.1 Å². The molecule has 0 unspecified atom stereocenters. The van der Waals surface area contributed by atoms with Crippen LogP contribution < -0.4 is 14.2 Å². The number of para-hydroxylation sites is 1. The van der Waals surface area contributed by atoms with E-state index in [0.717, 1.165) is 0 Å². The minimum Gasteiger partial charge on any atom is -0.504 e. The number of ether oxygens (including phenoxy) is 3. The van der Waals surface area contributed by atoms with Crippen LogP contribution in [0.1, 0.15) is 0 Å². The number of phenols is 1. The fourth-order valence-electron chi connectivity index (χ4n) is 1.44. The molecule has 0 aromatic heterocycles. The summed E-state index contributed by atoms with van der Waals surface area (Å²) in [6, 6.07) is 12.8. The van der Waals surface area contributed by atoms with Crippen molar-refractivity contribution in [2.24, 2.45) is 0 Å². The van der Waals surface area contributed by atoms with Gasteiger partial charge in [0, 0.05) is 6.07 Å². The zero-order chi connectivity index (χ0) is 13.7. The van der Waals surface area contributed by atoms with Gasteiger partial charge in [-0.05, 0) is 24.3 Å². The molecule has 0 aliphatic carbocycles. The standard InChI is InChI=1S/C14H12O5/c1-17-13-8-7-11(9-12(13)15)19-14(16)18-10-5-3-2-4-6-10/h2-9,15H,1H3. The van der Waals surface area contributed by atoms with Gasteiger partial charge in [-0.15, -0.1) is 0 Å². The summed E-state index contributed by atoms with van der Waals surface area (Å²) in [5, 5.41) is 9.54. The SMILES string of the molecule is COc1ccc(OC(=O)Oc2ccccc2)cc1O. The van der Waals surface area contributed by atoms with Gasteiger partial charge in [0.05, 0.1) is 7.11 Å². The Bertz CT molecular complexity index is 565. The smallest absolute Gasteiger partial charge is 0.504 e. The van der Waals surface area contributed by atoms with E-state index in [2.05, 4.69) is 0 Å². The third-order valence-corrected chi connectivity index (χ3v) is 2.30. The van der Waals surface area contributed by atoms with Crippen molar-refractivity contribution in [3.8, 4) is 23.0 Å². The van der Waals surface area contributed by atoms with Gasteiger partial charge in [-0.3, -0.25) is 0 Å². The predicted octanol–water partition coefficient (Wildman–Crippen LogP) is 2.98. The van der Waals surface area contributed by atoms with Gasteiger partial charge >= 0.3 is 6.16 Å². The topological polar surface area (TPSA) is 65.0 Å². The number of methoxy groups -OCH3 is 1. The average molecular weight is 260 g/mol. The van der Waals surface area contributed by atoms with Gasteiger partial charge in [0.1, 0.15) is 11.5 Å². The molecule has 1 N–H and O–H groups in total. The number of benzene rings is 2. The van der Waals surface area contributed by atoms with Crippen molar-refractivity contribution >= 4 is 6.16 Å². The lowest BCUT2D eigenvalue weighted by Crippen LogP contribution is -2.13. The molecule has 0 aliphatic rings. The monoisotopic (exact) mass is 260 g/mol. The van der Waals surface area contributed by atoms with E-state index in [-0.39, 0.29) is 11.5 Å². The van der Waals surface area contributed by atoms with Gasteiger partial charge in [-0.1, -0.05) is 18.2 Å². The van der Waals surface area contributed by atoms with Gasteiger partial charge in [0.25, 0.3) is 0 Å². The van der Waals surface area contributed by atoms with Crippen LogP contribution in [0.25, 0.3) is 0 Å². The van der Waals surface area contributed by atoms with E-state index in [0.29, 0.717) is 11.5 Å². The largest absolute Gasteiger partial charge is 0.519 e. The van der Waals surface area contributed by atoms with Crippen LogP contribution in [-0.4, -0.2) is 18.4 Å². The van der Waals surface area contributed by atoms with Gasteiger partial charge in [0.15, 0.2) is 11.5 Å². The first-order valence-electron chi connectivity index (χ1n) is 5.51. The summed E-state index contributed by atoms with van der Waals surface area (Å²) in [5.41, 5.74) is 0. The minimum absolute atomic E-state index is 0.118. The lowest BCUT2D eigenvalue weighted by atomic mass is 10.3. The molecule has 0 aliphatic heterocycles. The van der Waals surface area contributed by atoms with Gasteiger partial charge in [-0.2, -0.15) is 0 Å². The molecule has 19 heavy (non-hydrogen) atoms. The first-order valence-corrected chi connectivity index (χ1v) is 5.51. The second kappa shape index (κ2) is 5.77. The molecule has 5 nitrogen and oxygen atoms in total. The van der Waals surface area contributed by atoms with Crippen molar-refractivity contribution in [3.05, 3.63) is 48.5 Å². The normalized spacial score (nSPS) is 9.74. The average Bonchev–Trinajstić information content (AvgIpc) is 2.40.